The second-order valence-corrected chi connectivity index (χ2v) is 5.63. The lowest BCUT2D eigenvalue weighted by Crippen LogP contribution is -2.40. The average Bonchev–Trinajstić information content (AvgIpc) is 2.70. The normalized spacial score (nSPS) is 13.1. The van der Waals surface area contributed by atoms with Gasteiger partial charge in [-0.3, -0.25) is 10.1 Å². The second-order valence-electron chi connectivity index (χ2n) is 5.63. The lowest BCUT2D eigenvalue weighted by molar-refractivity contribution is -0.140. The largest absolute Gasteiger partial charge is 0.480 e. The molecule has 0 unspecified atom stereocenters. The number of aryl methyl sites for hydroxylation is 2. The molecule has 1 aromatic heterocycles. The van der Waals surface area contributed by atoms with Gasteiger partial charge in [0.2, 0.25) is 0 Å². The van der Waals surface area contributed by atoms with Gasteiger partial charge in [-0.05, 0) is 49.1 Å². The van der Waals surface area contributed by atoms with Crippen molar-refractivity contribution in [1.82, 2.24) is 5.32 Å². The van der Waals surface area contributed by atoms with Crippen molar-refractivity contribution >= 4 is 16.9 Å². The Morgan fingerprint density at radius 1 is 1.25 bits per heavy atom. The molecule has 108 valence electrons. The van der Waals surface area contributed by atoms with Crippen molar-refractivity contribution in [3.8, 4) is 0 Å². The minimum Gasteiger partial charge on any atom is -0.480 e. The Labute approximate surface area is 118 Å². The molecule has 1 atom stereocenters. The molecule has 2 aromatic rings. The Kier molecular flexibility index (Phi) is 4.14. The highest BCUT2D eigenvalue weighted by atomic mass is 16.4. The van der Waals surface area contributed by atoms with Crippen molar-refractivity contribution < 1.29 is 14.3 Å². The van der Waals surface area contributed by atoms with E-state index in [0.29, 0.717) is 6.54 Å². The summed E-state index contributed by atoms with van der Waals surface area (Å²) in [6.07, 6.45) is 0. The third kappa shape index (κ3) is 3.02. The Morgan fingerprint density at radius 2 is 1.90 bits per heavy atom. The van der Waals surface area contributed by atoms with Gasteiger partial charge in [0.25, 0.3) is 0 Å². The van der Waals surface area contributed by atoms with Crippen LogP contribution in [0.4, 0.5) is 0 Å². The van der Waals surface area contributed by atoms with E-state index < -0.39 is 12.0 Å². The van der Waals surface area contributed by atoms with Gasteiger partial charge in [0.15, 0.2) is 0 Å². The number of benzene rings is 1. The molecule has 2 N–H and O–H groups in total. The molecule has 0 spiro atoms. The minimum atomic E-state index is -0.831. The summed E-state index contributed by atoms with van der Waals surface area (Å²) >= 11 is 0. The lowest BCUT2D eigenvalue weighted by Gasteiger charge is -2.16. The van der Waals surface area contributed by atoms with Gasteiger partial charge >= 0.3 is 5.97 Å². The Balaban J connectivity index is 2.16. The summed E-state index contributed by atoms with van der Waals surface area (Å²) in [5.74, 6) is -0.0407. The number of fused-ring (bicyclic) bond motifs is 1. The predicted octanol–water partition coefficient (Wildman–Crippen LogP) is 3.25. The SMILES string of the molecule is Cc1cc2cc(CN[C@@H](C(=O)O)C(C)C)oc2cc1C. The van der Waals surface area contributed by atoms with Gasteiger partial charge in [-0.15, -0.1) is 0 Å². The third-order valence-corrected chi connectivity index (χ3v) is 3.61. The van der Waals surface area contributed by atoms with Crippen molar-refractivity contribution in [3.63, 3.8) is 0 Å². The van der Waals surface area contributed by atoms with E-state index in [1.807, 2.05) is 26.0 Å². The van der Waals surface area contributed by atoms with Gasteiger partial charge < -0.3 is 9.52 Å². The maximum absolute atomic E-state index is 11.1. The van der Waals surface area contributed by atoms with Crippen molar-refractivity contribution in [2.75, 3.05) is 0 Å². The highest BCUT2D eigenvalue weighted by Crippen LogP contribution is 2.23. The van der Waals surface area contributed by atoms with Crippen LogP contribution in [0, 0.1) is 19.8 Å². The molecule has 0 bridgehead atoms. The van der Waals surface area contributed by atoms with Crippen LogP contribution in [0.25, 0.3) is 11.0 Å². The molecular formula is C16H21NO3. The van der Waals surface area contributed by atoms with Crippen molar-refractivity contribution in [2.24, 2.45) is 5.92 Å². The van der Waals surface area contributed by atoms with Crippen LogP contribution in [0.5, 0.6) is 0 Å². The molecule has 2 rings (SSSR count). The number of furan rings is 1. The molecule has 4 heteroatoms. The molecule has 0 radical (unpaired) electrons. The Morgan fingerprint density at radius 3 is 2.50 bits per heavy atom. The number of rotatable bonds is 5. The number of carboxylic acid groups (broad SMARTS) is 1. The molecule has 20 heavy (non-hydrogen) atoms. The highest BCUT2D eigenvalue weighted by molar-refractivity contribution is 5.79. The topological polar surface area (TPSA) is 62.5 Å². The zero-order valence-electron chi connectivity index (χ0n) is 12.4. The first kappa shape index (κ1) is 14.6. The quantitative estimate of drug-likeness (QED) is 0.879. The fraction of sp³-hybridized carbons (Fsp3) is 0.438. The van der Waals surface area contributed by atoms with E-state index in [9.17, 15) is 4.79 Å². The van der Waals surface area contributed by atoms with Crippen LogP contribution in [-0.2, 0) is 11.3 Å². The molecule has 1 aromatic carbocycles. The standard InChI is InChI=1S/C16H21NO3/c1-9(2)15(16(18)19)17-8-13-7-12-5-10(3)11(4)6-14(12)20-13/h5-7,9,15,17H,8H2,1-4H3,(H,18,19)/t15-/m1/s1. The molecule has 0 aliphatic rings. The van der Waals surface area contributed by atoms with Gasteiger partial charge in [0, 0.05) is 5.39 Å². The first-order valence-corrected chi connectivity index (χ1v) is 6.84. The van der Waals surface area contributed by atoms with E-state index in [2.05, 4.69) is 25.2 Å². The Hall–Kier alpha value is -1.81. The summed E-state index contributed by atoms with van der Waals surface area (Å²) in [4.78, 5) is 11.1. The van der Waals surface area contributed by atoms with E-state index >= 15 is 0 Å². The average molecular weight is 275 g/mol. The van der Waals surface area contributed by atoms with Gasteiger partial charge in [0.05, 0.1) is 6.54 Å². The molecular weight excluding hydrogens is 254 g/mol. The number of carbonyl (C=O) groups is 1. The fourth-order valence-electron chi connectivity index (χ4n) is 2.26. The van der Waals surface area contributed by atoms with Crippen LogP contribution in [0.3, 0.4) is 0 Å². The Bertz CT molecular complexity index is 589. The van der Waals surface area contributed by atoms with Crippen LogP contribution in [0.2, 0.25) is 0 Å². The molecule has 0 saturated carbocycles. The molecule has 0 saturated heterocycles. The molecule has 1 heterocycles. The molecule has 0 aliphatic carbocycles. The van der Waals surface area contributed by atoms with Crippen LogP contribution in [0.15, 0.2) is 22.6 Å². The van der Waals surface area contributed by atoms with Gasteiger partial charge in [-0.2, -0.15) is 0 Å². The zero-order valence-corrected chi connectivity index (χ0v) is 12.4. The van der Waals surface area contributed by atoms with E-state index in [-0.39, 0.29) is 5.92 Å². The van der Waals surface area contributed by atoms with Crippen molar-refractivity contribution in [3.05, 3.63) is 35.1 Å². The monoisotopic (exact) mass is 275 g/mol. The minimum absolute atomic E-state index is 0.0290. The maximum atomic E-state index is 11.1. The number of hydrogen-bond donors (Lipinski definition) is 2. The first-order chi connectivity index (χ1) is 9.38. The van der Waals surface area contributed by atoms with Crippen LogP contribution in [0.1, 0.15) is 30.7 Å². The number of nitrogens with one attached hydrogen (secondary N) is 1. The summed E-state index contributed by atoms with van der Waals surface area (Å²) in [5.41, 5.74) is 3.27. The first-order valence-electron chi connectivity index (χ1n) is 6.84. The van der Waals surface area contributed by atoms with E-state index in [1.54, 1.807) is 0 Å². The van der Waals surface area contributed by atoms with E-state index in [0.717, 1.165) is 16.7 Å². The lowest BCUT2D eigenvalue weighted by atomic mass is 10.0. The van der Waals surface area contributed by atoms with Gasteiger partial charge in [-0.25, -0.2) is 0 Å². The summed E-state index contributed by atoms with van der Waals surface area (Å²) < 4.78 is 5.76. The van der Waals surface area contributed by atoms with Crippen LogP contribution >= 0.6 is 0 Å². The summed E-state index contributed by atoms with van der Waals surface area (Å²) in [5, 5.41) is 13.2. The summed E-state index contributed by atoms with van der Waals surface area (Å²) in [7, 11) is 0. The molecule has 4 nitrogen and oxygen atoms in total. The second kappa shape index (κ2) is 5.67. The van der Waals surface area contributed by atoms with Crippen molar-refractivity contribution in [1.29, 1.82) is 0 Å². The van der Waals surface area contributed by atoms with Gasteiger partial charge in [-0.1, -0.05) is 13.8 Å². The van der Waals surface area contributed by atoms with Crippen LogP contribution < -0.4 is 5.32 Å². The van der Waals surface area contributed by atoms with Crippen LogP contribution in [-0.4, -0.2) is 17.1 Å². The summed E-state index contributed by atoms with van der Waals surface area (Å²) in [6, 6.07) is 5.51. The number of hydrogen-bond acceptors (Lipinski definition) is 3. The van der Waals surface area contributed by atoms with E-state index in [4.69, 9.17) is 9.52 Å². The molecule has 0 fully saturated rings. The predicted molar refractivity (Wildman–Crippen MR) is 78.8 cm³/mol. The van der Waals surface area contributed by atoms with Gasteiger partial charge in [0.1, 0.15) is 17.4 Å². The third-order valence-electron chi connectivity index (χ3n) is 3.61. The molecule has 0 amide bonds. The summed E-state index contributed by atoms with van der Waals surface area (Å²) in [6.45, 7) is 8.31. The number of carboxylic acids is 1. The smallest absolute Gasteiger partial charge is 0.320 e. The molecule has 0 aliphatic heterocycles. The van der Waals surface area contributed by atoms with E-state index in [1.165, 1.54) is 11.1 Å². The highest BCUT2D eigenvalue weighted by Gasteiger charge is 2.21. The fourth-order valence-corrected chi connectivity index (χ4v) is 2.26. The zero-order chi connectivity index (χ0) is 14.9. The number of aliphatic carboxylic acids is 1. The maximum Gasteiger partial charge on any atom is 0.320 e. The van der Waals surface area contributed by atoms with Crippen molar-refractivity contribution in [2.45, 2.75) is 40.3 Å².